The van der Waals surface area contributed by atoms with Crippen LogP contribution in [0.1, 0.15) is 77.1 Å². The number of aromatic nitrogens is 4. The van der Waals surface area contributed by atoms with Gasteiger partial charge in [-0.05, 0) is 72.7 Å². The van der Waals surface area contributed by atoms with Gasteiger partial charge in [-0.2, -0.15) is 0 Å². The Morgan fingerprint density at radius 3 is 1.71 bits per heavy atom. The molecule has 8 rings (SSSR count). The number of methoxy groups -OCH3 is 2. The minimum absolute atomic E-state index is 0.141. The number of imidazole rings is 2. The summed E-state index contributed by atoms with van der Waals surface area (Å²) in [6.45, 7) is 8.60. The molecule has 4 heterocycles. The van der Waals surface area contributed by atoms with Gasteiger partial charge in [-0.25, -0.2) is 23.9 Å². The third-order valence-electron chi connectivity index (χ3n) is 11.9. The van der Waals surface area contributed by atoms with Gasteiger partial charge in [0.2, 0.25) is 11.8 Å². The number of carbonyl (C=O) groups is 4. The van der Waals surface area contributed by atoms with E-state index < -0.39 is 24.3 Å². The van der Waals surface area contributed by atoms with Crippen molar-refractivity contribution in [1.82, 2.24) is 40.4 Å². The molecular weight excluding hydrogens is 756 g/mol. The molecular formula is C44H49FN8O6. The van der Waals surface area contributed by atoms with Crippen LogP contribution in [0.3, 0.4) is 0 Å². The van der Waals surface area contributed by atoms with Crippen LogP contribution >= 0.6 is 0 Å². The number of nitrogens with one attached hydrogen (secondary N) is 4. The van der Waals surface area contributed by atoms with Gasteiger partial charge in [0.25, 0.3) is 0 Å². The van der Waals surface area contributed by atoms with Gasteiger partial charge in [0, 0.05) is 34.8 Å². The zero-order chi connectivity index (χ0) is 41.7. The van der Waals surface area contributed by atoms with Crippen molar-refractivity contribution >= 4 is 67.6 Å². The van der Waals surface area contributed by atoms with Crippen molar-refractivity contribution in [2.24, 2.45) is 11.8 Å². The summed E-state index contributed by atoms with van der Waals surface area (Å²) in [5, 5.41) is 8.32. The minimum atomic E-state index is -0.749. The van der Waals surface area contributed by atoms with E-state index >= 15 is 4.39 Å². The number of hydrogen-bond donors (Lipinski definition) is 4. The molecule has 0 radical (unpaired) electrons. The summed E-state index contributed by atoms with van der Waals surface area (Å²) in [6, 6.07) is 14.9. The summed E-state index contributed by atoms with van der Waals surface area (Å²) in [4.78, 5) is 71.8. The van der Waals surface area contributed by atoms with E-state index in [2.05, 4.69) is 20.6 Å². The fraction of sp³-hybridized carbons (Fsp3) is 0.409. The number of amides is 4. The molecule has 14 nitrogen and oxygen atoms in total. The van der Waals surface area contributed by atoms with Crippen molar-refractivity contribution in [3.8, 4) is 11.1 Å². The molecule has 4 N–H and O–H groups in total. The molecule has 308 valence electrons. The molecule has 0 bridgehead atoms. The summed E-state index contributed by atoms with van der Waals surface area (Å²) in [6.07, 6.45) is 1.72. The van der Waals surface area contributed by atoms with Gasteiger partial charge in [0.15, 0.2) is 0 Å². The van der Waals surface area contributed by atoms with E-state index in [4.69, 9.17) is 19.4 Å². The van der Waals surface area contributed by atoms with Crippen LogP contribution in [0.15, 0.2) is 54.6 Å². The van der Waals surface area contributed by atoms with Crippen molar-refractivity contribution in [3.63, 3.8) is 0 Å². The third-order valence-corrected chi connectivity index (χ3v) is 11.9. The van der Waals surface area contributed by atoms with Crippen molar-refractivity contribution in [3.05, 3.63) is 72.1 Å². The summed E-state index contributed by atoms with van der Waals surface area (Å²) in [5.74, 6) is 0.273. The van der Waals surface area contributed by atoms with Crippen molar-refractivity contribution < 1.29 is 33.0 Å². The molecule has 0 spiro atoms. The quantitative estimate of drug-likeness (QED) is 0.115. The topological polar surface area (TPSA) is 175 Å². The highest BCUT2D eigenvalue weighted by Crippen LogP contribution is 2.39. The molecule has 0 aliphatic carbocycles. The van der Waals surface area contributed by atoms with E-state index in [1.165, 1.54) is 14.2 Å². The van der Waals surface area contributed by atoms with Crippen molar-refractivity contribution in [2.75, 3.05) is 27.3 Å². The Labute approximate surface area is 340 Å². The largest absolute Gasteiger partial charge is 0.453 e. The first-order valence-electron chi connectivity index (χ1n) is 20.2. The molecule has 4 aromatic carbocycles. The van der Waals surface area contributed by atoms with Gasteiger partial charge in [0.1, 0.15) is 29.5 Å². The van der Waals surface area contributed by atoms with Crippen molar-refractivity contribution in [1.29, 1.82) is 0 Å². The second-order valence-corrected chi connectivity index (χ2v) is 16.2. The van der Waals surface area contributed by atoms with E-state index in [0.717, 1.165) is 41.1 Å². The highest BCUT2D eigenvalue weighted by atomic mass is 19.1. The lowest BCUT2D eigenvalue weighted by Crippen LogP contribution is -2.51. The first-order chi connectivity index (χ1) is 28.4. The average Bonchev–Trinajstić information content (AvgIpc) is 4.06. The molecule has 6 aromatic rings. The molecule has 15 heteroatoms. The number of ether oxygens (including phenoxy) is 2. The van der Waals surface area contributed by atoms with E-state index in [9.17, 15) is 19.2 Å². The molecule has 4 amide bonds. The second kappa shape index (κ2) is 15.8. The molecule has 2 fully saturated rings. The van der Waals surface area contributed by atoms with Gasteiger partial charge in [-0.15, -0.1) is 0 Å². The van der Waals surface area contributed by atoms with E-state index in [1.807, 2.05) is 64.1 Å². The smallest absolute Gasteiger partial charge is 0.407 e. The monoisotopic (exact) mass is 804 g/mol. The summed E-state index contributed by atoms with van der Waals surface area (Å²) >= 11 is 0. The molecule has 0 saturated carbocycles. The van der Waals surface area contributed by atoms with E-state index in [-0.39, 0.29) is 41.6 Å². The Hall–Kier alpha value is -6.25. The van der Waals surface area contributed by atoms with Crippen LogP contribution in [0.25, 0.3) is 54.7 Å². The number of nitrogens with zero attached hydrogens (tertiary/aromatic N) is 4. The minimum Gasteiger partial charge on any atom is -0.453 e. The van der Waals surface area contributed by atoms with Crippen molar-refractivity contribution in [2.45, 2.75) is 77.5 Å². The normalized spacial score (nSPS) is 18.1. The van der Waals surface area contributed by atoms with Crippen LogP contribution in [-0.2, 0) is 19.1 Å². The lowest BCUT2D eigenvalue weighted by Gasteiger charge is -2.29. The number of likely N-dealkylation sites (tertiary alicyclic amines) is 2. The maximum absolute atomic E-state index is 16.6. The molecule has 59 heavy (non-hydrogen) atoms. The predicted octanol–water partition coefficient (Wildman–Crippen LogP) is 7.64. The average molecular weight is 805 g/mol. The van der Waals surface area contributed by atoms with Crippen LogP contribution in [0, 0.1) is 17.7 Å². The number of hydrogen-bond acceptors (Lipinski definition) is 8. The summed E-state index contributed by atoms with van der Waals surface area (Å²) in [7, 11) is 2.55. The zero-order valence-electron chi connectivity index (χ0n) is 34.0. The van der Waals surface area contributed by atoms with Gasteiger partial charge < -0.3 is 39.9 Å². The number of rotatable bonds is 9. The number of H-pyrrole nitrogens is 2. The SMILES string of the molecule is COC(=O)N[C@H](C(=O)N1CCC[C@H]1c1nc2ccc3cc(-c4ccc5c(ccc6nc([C@@H]7CCCN7C(=O)[C@@H](NC(=O)OC)C(C)C)[nH]c65)c4F)ccc3c2[nH]1)C(C)C. The Morgan fingerprint density at radius 1 is 0.695 bits per heavy atom. The molecule has 2 aliphatic rings. The number of benzene rings is 4. The standard InChI is InChI=1S/C44H49FN8O6/c1-22(2)35(50-43(56)58-5)41(54)52-19-7-9-32(52)39-46-30-17-12-25-21-24(11-13-27(25)37(30)48-39)26-14-15-29-28(34(26)45)16-18-31-38(29)49-40(47-31)33-10-8-20-53(33)42(55)36(23(3)4)51-44(57)59-6/h11-18,21-23,32-33,35-36H,7-10,19-20H2,1-6H3,(H,46,48)(H,47,49)(H,50,56)(H,51,57)/t32-,33-,35-,36-/m0/s1. The molecule has 0 unspecified atom stereocenters. The predicted molar refractivity (Wildman–Crippen MR) is 222 cm³/mol. The first kappa shape index (κ1) is 39.6. The fourth-order valence-corrected chi connectivity index (χ4v) is 8.79. The summed E-state index contributed by atoms with van der Waals surface area (Å²) < 4.78 is 26.1. The fourth-order valence-electron chi connectivity index (χ4n) is 8.79. The Bertz CT molecular complexity index is 2620. The molecule has 4 atom stereocenters. The second-order valence-electron chi connectivity index (χ2n) is 16.2. The van der Waals surface area contributed by atoms with E-state index in [1.54, 1.807) is 28.0 Å². The third kappa shape index (κ3) is 7.16. The Morgan fingerprint density at radius 2 is 1.19 bits per heavy atom. The van der Waals surface area contributed by atoms with Gasteiger partial charge in [-0.3, -0.25) is 9.59 Å². The molecule has 2 aliphatic heterocycles. The number of aromatic amines is 2. The van der Waals surface area contributed by atoms with Crippen LogP contribution < -0.4 is 10.6 Å². The summed E-state index contributed by atoms with van der Waals surface area (Å²) in [5.41, 5.74) is 4.11. The Kier molecular flexibility index (Phi) is 10.6. The number of halogens is 1. The lowest BCUT2D eigenvalue weighted by atomic mass is 9.97. The highest BCUT2D eigenvalue weighted by Gasteiger charge is 2.39. The van der Waals surface area contributed by atoms with Gasteiger partial charge in [-0.1, -0.05) is 58.0 Å². The molecule has 2 saturated heterocycles. The van der Waals surface area contributed by atoms with Crippen LogP contribution in [0.4, 0.5) is 14.0 Å². The maximum Gasteiger partial charge on any atom is 0.407 e. The van der Waals surface area contributed by atoms with E-state index in [0.29, 0.717) is 64.1 Å². The lowest BCUT2D eigenvalue weighted by molar-refractivity contribution is -0.136. The van der Waals surface area contributed by atoms with Crippen LogP contribution in [0.2, 0.25) is 0 Å². The van der Waals surface area contributed by atoms with Crippen LogP contribution in [-0.4, -0.2) is 93.1 Å². The maximum atomic E-state index is 16.6. The Balaban J connectivity index is 1.07. The van der Waals surface area contributed by atoms with Gasteiger partial charge in [0.05, 0.1) is 48.4 Å². The molecule has 2 aromatic heterocycles. The highest BCUT2D eigenvalue weighted by molar-refractivity contribution is 6.08. The number of carbonyl (C=O) groups excluding carboxylic acids is 4. The first-order valence-corrected chi connectivity index (χ1v) is 20.2. The van der Waals surface area contributed by atoms with Crippen LogP contribution in [0.5, 0.6) is 0 Å². The van der Waals surface area contributed by atoms with Gasteiger partial charge >= 0.3 is 12.2 Å². The number of fused-ring (bicyclic) bond motifs is 6. The number of alkyl carbamates (subject to hydrolysis) is 2. The zero-order valence-corrected chi connectivity index (χ0v) is 34.0.